The largest absolute Gasteiger partial charge is 0.497 e. The number of rotatable bonds is 3. The summed E-state index contributed by atoms with van der Waals surface area (Å²) in [5, 5.41) is 3.43. The van der Waals surface area contributed by atoms with Crippen molar-refractivity contribution in [1.82, 2.24) is 5.43 Å². The highest BCUT2D eigenvalue weighted by Gasteiger charge is 2.01. The summed E-state index contributed by atoms with van der Waals surface area (Å²) in [5.74, 6) is 0.0303. The van der Waals surface area contributed by atoms with Crippen LogP contribution in [0.2, 0.25) is 0 Å². The predicted octanol–water partition coefficient (Wildman–Crippen LogP) is 0.837. The molecule has 0 radical (unpaired) electrons. The number of carbonyl (C=O) groups is 1. The Morgan fingerprint density at radius 1 is 1.67 bits per heavy atom. The van der Waals surface area contributed by atoms with Crippen LogP contribution in [0.25, 0.3) is 0 Å². The second-order valence-electron chi connectivity index (χ2n) is 2.62. The van der Waals surface area contributed by atoms with E-state index in [0.29, 0.717) is 5.75 Å². The number of methoxy groups -OCH3 is 1. The molecule has 0 heterocycles. The Bertz CT molecular complexity index is 393. The van der Waals surface area contributed by atoms with Crippen molar-refractivity contribution in [3.05, 3.63) is 29.6 Å². The summed E-state index contributed by atoms with van der Waals surface area (Å²) in [5.41, 5.74) is 6.93. The standard InChI is InChI=1S/C9H10FN3O2/c1-15-7-2-3-8(10)6(4-7)5-12-13-9(11)14/h2-5H,1H3,(H3,11,13,14). The molecule has 0 aromatic heterocycles. The summed E-state index contributed by atoms with van der Waals surface area (Å²) in [6, 6.07) is 3.36. The fraction of sp³-hybridized carbons (Fsp3) is 0.111. The molecule has 0 atom stereocenters. The van der Waals surface area contributed by atoms with E-state index in [1.165, 1.54) is 25.3 Å². The second kappa shape index (κ2) is 4.94. The molecule has 0 aliphatic heterocycles. The Morgan fingerprint density at radius 3 is 3.00 bits per heavy atom. The van der Waals surface area contributed by atoms with Crippen LogP contribution in [0.5, 0.6) is 5.75 Å². The van der Waals surface area contributed by atoms with Gasteiger partial charge in [-0.25, -0.2) is 14.6 Å². The van der Waals surface area contributed by atoms with E-state index >= 15 is 0 Å². The Hall–Kier alpha value is -2.11. The van der Waals surface area contributed by atoms with Crippen LogP contribution in [0, 0.1) is 5.82 Å². The van der Waals surface area contributed by atoms with Crippen molar-refractivity contribution in [2.45, 2.75) is 0 Å². The van der Waals surface area contributed by atoms with E-state index in [1.807, 2.05) is 5.43 Å². The molecule has 2 amide bonds. The Morgan fingerprint density at radius 2 is 2.40 bits per heavy atom. The van der Waals surface area contributed by atoms with Crippen molar-refractivity contribution in [1.29, 1.82) is 0 Å². The predicted molar refractivity (Wildman–Crippen MR) is 53.3 cm³/mol. The van der Waals surface area contributed by atoms with Crippen molar-refractivity contribution in [3.63, 3.8) is 0 Å². The number of halogens is 1. The highest BCUT2D eigenvalue weighted by Crippen LogP contribution is 2.14. The van der Waals surface area contributed by atoms with Crippen LogP contribution >= 0.6 is 0 Å². The first-order valence-electron chi connectivity index (χ1n) is 4.05. The second-order valence-corrected chi connectivity index (χ2v) is 2.62. The maximum atomic E-state index is 13.1. The van der Waals surface area contributed by atoms with Crippen LogP contribution < -0.4 is 15.9 Å². The van der Waals surface area contributed by atoms with Gasteiger partial charge in [0.05, 0.1) is 13.3 Å². The molecule has 1 aromatic carbocycles. The zero-order chi connectivity index (χ0) is 11.3. The summed E-state index contributed by atoms with van der Waals surface area (Å²) >= 11 is 0. The fourth-order valence-corrected chi connectivity index (χ4v) is 0.913. The van der Waals surface area contributed by atoms with Gasteiger partial charge in [-0.2, -0.15) is 5.10 Å². The number of carbonyl (C=O) groups excluding carboxylic acids is 1. The number of ether oxygens (including phenoxy) is 1. The van der Waals surface area contributed by atoms with Crippen molar-refractivity contribution in [3.8, 4) is 5.75 Å². The van der Waals surface area contributed by atoms with Gasteiger partial charge in [-0.1, -0.05) is 0 Å². The maximum absolute atomic E-state index is 13.1. The lowest BCUT2D eigenvalue weighted by Gasteiger charge is -2.01. The van der Waals surface area contributed by atoms with E-state index < -0.39 is 11.8 Å². The number of hydrazone groups is 1. The molecule has 0 saturated heterocycles. The lowest BCUT2D eigenvalue weighted by Crippen LogP contribution is -2.24. The van der Waals surface area contributed by atoms with Gasteiger partial charge in [0, 0.05) is 5.56 Å². The van der Waals surface area contributed by atoms with Crippen molar-refractivity contribution in [2.75, 3.05) is 7.11 Å². The molecule has 1 rings (SSSR count). The van der Waals surface area contributed by atoms with E-state index in [9.17, 15) is 9.18 Å². The summed E-state index contributed by atoms with van der Waals surface area (Å²) in [6.07, 6.45) is 1.14. The number of hydrogen-bond donors (Lipinski definition) is 2. The van der Waals surface area contributed by atoms with Crippen LogP contribution in [-0.4, -0.2) is 19.4 Å². The van der Waals surface area contributed by atoms with Gasteiger partial charge in [0.25, 0.3) is 0 Å². The molecule has 80 valence electrons. The minimum absolute atomic E-state index is 0.197. The van der Waals surface area contributed by atoms with Gasteiger partial charge in [-0.05, 0) is 18.2 Å². The molecule has 1 aromatic rings. The smallest absolute Gasteiger partial charge is 0.332 e. The van der Waals surface area contributed by atoms with Gasteiger partial charge in [0.15, 0.2) is 0 Å². The maximum Gasteiger partial charge on any atom is 0.332 e. The Kier molecular flexibility index (Phi) is 3.61. The van der Waals surface area contributed by atoms with Crippen molar-refractivity contribution < 1.29 is 13.9 Å². The molecular weight excluding hydrogens is 201 g/mol. The third-order valence-electron chi connectivity index (χ3n) is 1.58. The average molecular weight is 211 g/mol. The SMILES string of the molecule is COc1ccc(F)c(C=NNC(N)=O)c1. The summed E-state index contributed by atoms with van der Waals surface area (Å²) in [7, 11) is 1.47. The number of nitrogens with zero attached hydrogens (tertiary/aromatic N) is 1. The molecule has 0 fully saturated rings. The molecule has 0 spiro atoms. The first-order valence-corrected chi connectivity index (χ1v) is 4.05. The van der Waals surface area contributed by atoms with E-state index in [0.717, 1.165) is 6.21 Å². The zero-order valence-electron chi connectivity index (χ0n) is 8.03. The first kappa shape index (κ1) is 11.0. The Balaban J connectivity index is 2.83. The summed E-state index contributed by atoms with van der Waals surface area (Å²) in [4.78, 5) is 10.3. The van der Waals surface area contributed by atoms with Gasteiger partial charge < -0.3 is 10.5 Å². The number of urea groups is 1. The topological polar surface area (TPSA) is 76.7 Å². The first-order chi connectivity index (χ1) is 7.13. The molecule has 0 unspecified atom stereocenters. The van der Waals surface area contributed by atoms with Gasteiger partial charge >= 0.3 is 6.03 Å². The van der Waals surface area contributed by atoms with E-state index in [-0.39, 0.29) is 5.56 Å². The van der Waals surface area contributed by atoms with Crippen LogP contribution in [0.3, 0.4) is 0 Å². The fourth-order valence-electron chi connectivity index (χ4n) is 0.913. The van der Waals surface area contributed by atoms with E-state index in [1.54, 1.807) is 0 Å². The van der Waals surface area contributed by atoms with Crippen molar-refractivity contribution in [2.24, 2.45) is 10.8 Å². The van der Waals surface area contributed by atoms with Crippen LogP contribution in [0.4, 0.5) is 9.18 Å². The molecule has 0 saturated carbocycles. The molecule has 3 N–H and O–H groups in total. The number of nitrogens with two attached hydrogens (primary N) is 1. The lowest BCUT2D eigenvalue weighted by molar-refractivity contribution is 0.249. The van der Waals surface area contributed by atoms with E-state index in [4.69, 9.17) is 10.5 Å². The van der Waals surface area contributed by atoms with Gasteiger partial charge in [-0.15, -0.1) is 0 Å². The van der Waals surface area contributed by atoms with Crippen LogP contribution in [0.1, 0.15) is 5.56 Å². The molecule has 15 heavy (non-hydrogen) atoms. The van der Waals surface area contributed by atoms with Crippen LogP contribution in [-0.2, 0) is 0 Å². The number of hydrogen-bond acceptors (Lipinski definition) is 3. The number of nitrogens with one attached hydrogen (secondary N) is 1. The van der Waals surface area contributed by atoms with E-state index in [2.05, 4.69) is 5.10 Å². The zero-order valence-corrected chi connectivity index (χ0v) is 8.03. The lowest BCUT2D eigenvalue weighted by atomic mass is 10.2. The van der Waals surface area contributed by atoms with Crippen LogP contribution in [0.15, 0.2) is 23.3 Å². The highest BCUT2D eigenvalue weighted by molar-refractivity contribution is 5.82. The highest BCUT2D eigenvalue weighted by atomic mass is 19.1. The molecule has 6 heteroatoms. The number of amides is 2. The minimum Gasteiger partial charge on any atom is -0.497 e. The van der Waals surface area contributed by atoms with Gasteiger partial charge in [-0.3, -0.25) is 0 Å². The molecule has 0 bridgehead atoms. The third kappa shape index (κ3) is 3.26. The quantitative estimate of drug-likeness (QED) is 0.574. The molecule has 5 nitrogen and oxygen atoms in total. The summed E-state index contributed by atoms with van der Waals surface area (Å²) < 4.78 is 18.0. The van der Waals surface area contributed by atoms with Gasteiger partial charge in [0.1, 0.15) is 11.6 Å². The molecule has 0 aliphatic rings. The van der Waals surface area contributed by atoms with Gasteiger partial charge in [0.2, 0.25) is 0 Å². The van der Waals surface area contributed by atoms with Crippen molar-refractivity contribution >= 4 is 12.2 Å². The number of benzene rings is 1. The number of primary amides is 1. The third-order valence-corrected chi connectivity index (χ3v) is 1.58. The summed E-state index contributed by atoms with van der Waals surface area (Å²) in [6.45, 7) is 0. The molecule has 0 aliphatic carbocycles. The average Bonchev–Trinajstić information content (AvgIpc) is 2.20. The normalized spacial score (nSPS) is 10.3. The Labute approximate surface area is 85.7 Å². The minimum atomic E-state index is -0.811. The molecular formula is C9H10FN3O2. The monoisotopic (exact) mass is 211 g/mol.